The Kier molecular flexibility index (Phi) is 8.69. The van der Waals surface area contributed by atoms with Crippen molar-refractivity contribution >= 4 is 23.8 Å². The maximum absolute atomic E-state index is 10.8. The first-order valence-corrected chi connectivity index (χ1v) is 7.35. The van der Waals surface area contributed by atoms with Crippen LogP contribution in [0.5, 0.6) is 5.75 Å². The van der Waals surface area contributed by atoms with Gasteiger partial charge in [-0.3, -0.25) is 4.99 Å². The fourth-order valence-corrected chi connectivity index (χ4v) is 1.60. The average molecular weight is 322 g/mol. The summed E-state index contributed by atoms with van der Waals surface area (Å²) in [5.41, 5.74) is 0.974. The summed E-state index contributed by atoms with van der Waals surface area (Å²) in [7, 11) is 0. The lowest BCUT2D eigenvalue weighted by atomic mass is 10.2. The molecule has 5 heteroatoms. The first kappa shape index (κ1) is 18.0. The molecule has 0 aliphatic carbocycles. The van der Waals surface area contributed by atoms with Gasteiger partial charge < -0.3 is 9.47 Å². The third kappa shape index (κ3) is 8.27. The Hall–Kier alpha value is -2.07. The van der Waals surface area contributed by atoms with E-state index in [4.69, 9.17) is 21.1 Å². The summed E-state index contributed by atoms with van der Waals surface area (Å²) in [5, 5.41) is 0.509. The molecule has 0 amide bonds. The van der Waals surface area contributed by atoms with E-state index in [0.29, 0.717) is 24.8 Å². The Morgan fingerprint density at radius 2 is 1.91 bits per heavy atom. The number of aliphatic imine (C=N–C) groups is 1. The van der Waals surface area contributed by atoms with Crippen LogP contribution in [0.25, 0.3) is 0 Å². The predicted molar refractivity (Wildman–Crippen MR) is 89.8 cm³/mol. The van der Waals surface area contributed by atoms with Crippen molar-refractivity contribution in [3.8, 4) is 5.75 Å². The maximum Gasteiger partial charge on any atom is 0.330 e. The van der Waals surface area contributed by atoms with Gasteiger partial charge in [-0.2, -0.15) is 0 Å². The standard InChI is InChI=1S/C17H20ClNO3/c1-3-17(20)22-11-5-4-10-21-16-8-6-15(7-9-16)13-19-12-14(2)18/h3,6-9,13H,1-2,4-5,10-12H2. The van der Waals surface area contributed by atoms with Crippen molar-refractivity contribution in [2.45, 2.75) is 12.8 Å². The number of halogens is 1. The summed E-state index contributed by atoms with van der Waals surface area (Å²) in [4.78, 5) is 15.0. The molecule has 0 atom stereocenters. The highest BCUT2D eigenvalue weighted by atomic mass is 35.5. The van der Waals surface area contributed by atoms with Gasteiger partial charge in [0.25, 0.3) is 0 Å². The van der Waals surface area contributed by atoms with Crippen LogP contribution in [-0.2, 0) is 9.53 Å². The molecule has 0 saturated heterocycles. The number of rotatable bonds is 10. The van der Waals surface area contributed by atoms with Crippen LogP contribution in [0.15, 0.2) is 53.5 Å². The molecule has 0 saturated carbocycles. The Balaban J connectivity index is 2.21. The van der Waals surface area contributed by atoms with Crippen molar-refractivity contribution < 1.29 is 14.3 Å². The van der Waals surface area contributed by atoms with Crippen LogP contribution in [0, 0.1) is 0 Å². The normalized spacial score (nSPS) is 10.4. The molecule has 0 bridgehead atoms. The zero-order valence-electron chi connectivity index (χ0n) is 12.5. The lowest BCUT2D eigenvalue weighted by molar-refractivity contribution is -0.137. The molecule has 0 fully saturated rings. The summed E-state index contributed by atoms with van der Waals surface area (Å²) in [5.74, 6) is 0.401. The molecule has 0 aliphatic rings. The minimum absolute atomic E-state index is 0.384. The number of nitrogens with zero attached hydrogens (tertiary/aromatic N) is 1. The molecule has 1 rings (SSSR count). The summed E-state index contributed by atoms with van der Waals surface area (Å²) in [6, 6.07) is 7.60. The zero-order chi connectivity index (χ0) is 16.2. The number of hydrogen-bond donors (Lipinski definition) is 0. The third-order valence-corrected chi connectivity index (χ3v) is 2.72. The molecular formula is C17H20ClNO3. The molecule has 0 spiro atoms. The predicted octanol–water partition coefficient (Wildman–Crippen LogP) is 3.75. The first-order chi connectivity index (χ1) is 10.6. The number of hydrogen-bond acceptors (Lipinski definition) is 4. The lowest BCUT2D eigenvalue weighted by Gasteiger charge is -2.06. The summed E-state index contributed by atoms with van der Waals surface area (Å²) >= 11 is 5.63. The molecule has 0 N–H and O–H groups in total. The number of benzene rings is 1. The molecular weight excluding hydrogens is 302 g/mol. The van der Waals surface area contributed by atoms with Gasteiger partial charge in [0.2, 0.25) is 0 Å². The van der Waals surface area contributed by atoms with Gasteiger partial charge in [0.15, 0.2) is 0 Å². The van der Waals surface area contributed by atoms with E-state index < -0.39 is 5.97 Å². The monoisotopic (exact) mass is 321 g/mol. The van der Waals surface area contributed by atoms with Crippen LogP contribution in [0.4, 0.5) is 0 Å². The van der Waals surface area contributed by atoms with Crippen LogP contribution in [0.3, 0.4) is 0 Å². The Labute approximate surface area is 136 Å². The van der Waals surface area contributed by atoms with Crippen molar-refractivity contribution in [2.24, 2.45) is 4.99 Å². The minimum atomic E-state index is -0.393. The van der Waals surface area contributed by atoms with E-state index in [1.54, 1.807) is 6.21 Å². The van der Waals surface area contributed by atoms with Gasteiger partial charge in [-0.15, -0.1) is 0 Å². The van der Waals surface area contributed by atoms with Gasteiger partial charge in [0.05, 0.1) is 19.8 Å². The number of esters is 1. The number of unbranched alkanes of at least 4 members (excludes halogenated alkanes) is 1. The van der Waals surface area contributed by atoms with Crippen molar-refractivity contribution in [1.29, 1.82) is 0 Å². The largest absolute Gasteiger partial charge is 0.494 e. The molecule has 0 unspecified atom stereocenters. The van der Waals surface area contributed by atoms with Crippen molar-refractivity contribution in [2.75, 3.05) is 19.8 Å². The van der Waals surface area contributed by atoms with Crippen molar-refractivity contribution in [3.05, 3.63) is 54.1 Å². The molecule has 1 aromatic rings. The number of ether oxygens (including phenoxy) is 2. The molecule has 22 heavy (non-hydrogen) atoms. The molecule has 4 nitrogen and oxygen atoms in total. The van der Waals surface area contributed by atoms with Crippen molar-refractivity contribution in [3.63, 3.8) is 0 Å². The summed E-state index contributed by atoms with van der Waals surface area (Å²) in [6.45, 7) is 8.27. The Bertz CT molecular complexity index is 523. The van der Waals surface area contributed by atoms with E-state index in [1.807, 2.05) is 24.3 Å². The second-order valence-corrected chi connectivity index (χ2v) is 5.02. The van der Waals surface area contributed by atoms with Crippen LogP contribution >= 0.6 is 11.6 Å². The van der Waals surface area contributed by atoms with Gasteiger partial charge in [0, 0.05) is 17.3 Å². The van der Waals surface area contributed by atoms with E-state index in [1.165, 1.54) is 0 Å². The highest BCUT2D eigenvalue weighted by Gasteiger charge is 1.97. The molecule has 0 aliphatic heterocycles. The molecule has 1 aromatic carbocycles. The lowest BCUT2D eigenvalue weighted by Crippen LogP contribution is -2.04. The van der Waals surface area contributed by atoms with Crippen LogP contribution in [0.2, 0.25) is 0 Å². The highest BCUT2D eigenvalue weighted by molar-refractivity contribution is 6.29. The minimum Gasteiger partial charge on any atom is -0.494 e. The van der Waals surface area contributed by atoms with Crippen LogP contribution < -0.4 is 4.74 Å². The fourth-order valence-electron chi connectivity index (χ4n) is 1.53. The number of carbonyl (C=O) groups excluding carboxylic acids is 1. The van der Waals surface area contributed by atoms with Gasteiger partial charge >= 0.3 is 5.97 Å². The Morgan fingerprint density at radius 3 is 2.55 bits per heavy atom. The topological polar surface area (TPSA) is 47.9 Å². The van der Waals surface area contributed by atoms with Gasteiger partial charge in [-0.1, -0.05) is 24.8 Å². The summed E-state index contributed by atoms with van der Waals surface area (Å²) < 4.78 is 10.5. The van der Waals surface area contributed by atoms with E-state index in [-0.39, 0.29) is 0 Å². The maximum atomic E-state index is 10.8. The number of carbonyl (C=O) groups is 1. The van der Waals surface area contributed by atoms with E-state index in [9.17, 15) is 4.79 Å². The van der Waals surface area contributed by atoms with Crippen LogP contribution in [0.1, 0.15) is 18.4 Å². The van der Waals surface area contributed by atoms with E-state index in [2.05, 4.69) is 18.2 Å². The van der Waals surface area contributed by atoms with Crippen LogP contribution in [-0.4, -0.2) is 31.9 Å². The van der Waals surface area contributed by atoms with Gasteiger partial charge in [0.1, 0.15) is 5.75 Å². The van der Waals surface area contributed by atoms with Crippen molar-refractivity contribution in [1.82, 2.24) is 0 Å². The second kappa shape index (κ2) is 10.6. The summed E-state index contributed by atoms with van der Waals surface area (Å²) in [6.07, 6.45) is 4.47. The molecule has 0 aromatic heterocycles. The molecule has 0 heterocycles. The van der Waals surface area contributed by atoms with E-state index >= 15 is 0 Å². The highest BCUT2D eigenvalue weighted by Crippen LogP contribution is 2.12. The van der Waals surface area contributed by atoms with Gasteiger partial charge in [-0.25, -0.2) is 4.79 Å². The molecule has 0 radical (unpaired) electrons. The fraction of sp³-hybridized carbons (Fsp3) is 0.294. The molecule has 118 valence electrons. The quantitative estimate of drug-likeness (QED) is 0.285. The zero-order valence-corrected chi connectivity index (χ0v) is 13.2. The first-order valence-electron chi connectivity index (χ1n) is 6.97. The SMILES string of the molecule is C=CC(=O)OCCCCOc1ccc(C=NCC(=C)Cl)cc1. The average Bonchev–Trinajstić information content (AvgIpc) is 2.51. The van der Waals surface area contributed by atoms with Gasteiger partial charge in [-0.05, 0) is 42.7 Å². The van der Waals surface area contributed by atoms with E-state index in [0.717, 1.165) is 30.2 Å². The smallest absolute Gasteiger partial charge is 0.330 e. The second-order valence-electron chi connectivity index (χ2n) is 4.48. The Morgan fingerprint density at radius 1 is 1.23 bits per heavy atom. The third-order valence-electron chi connectivity index (χ3n) is 2.60.